The molecule has 3 saturated heterocycles. The Hall–Kier alpha value is -3.51. The number of amides is 2. The van der Waals surface area contributed by atoms with Crippen LogP contribution in [0.1, 0.15) is 50.6 Å². The van der Waals surface area contributed by atoms with Crippen molar-refractivity contribution in [2.75, 3.05) is 39.0 Å². The molecule has 14 nitrogen and oxygen atoms in total. The van der Waals surface area contributed by atoms with E-state index in [2.05, 4.69) is 37.0 Å². The monoisotopic (exact) mass is 568 g/mol. The lowest BCUT2D eigenvalue weighted by Gasteiger charge is -2.31. The van der Waals surface area contributed by atoms with E-state index in [1.807, 2.05) is 7.05 Å². The number of likely N-dealkylation sites (tertiary alicyclic amines) is 2. The fourth-order valence-electron chi connectivity index (χ4n) is 5.60. The molecule has 5 N–H and O–H groups in total. The van der Waals surface area contributed by atoms with Crippen molar-refractivity contribution in [1.29, 1.82) is 0 Å². The van der Waals surface area contributed by atoms with Crippen LogP contribution >= 0.6 is 0 Å². The molecule has 2 unspecified atom stereocenters. The lowest BCUT2D eigenvalue weighted by Crippen LogP contribution is -2.43. The summed E-state index contributed by atoms with van der Waals surface area (Å²) in [6.45, 7) is 3.00. The zero-order valence-corrected chi connectivity index (χ0v) is 23.0. The van der Waals surface area contributed by atoms with Crippen LogP contribution in [0.5, 0.6) is 0 Å². The molecule has 4 fully saturated rings. The summed E-state index contributed by atoms with van der Waals surface area (Å²) in [5, 5.41) is 24.0. The topological polar surface area (TPSA) is 181 Å². The second-order valence-electron chi connectivity index (χ2n) is 11.5. The van der Waals surface area contributed by atoms with Crippen molar-refractivity contribution in [2.45, 2.75) is 75.2 Å². The van der Waals surface area contributed by atoms with Crippen molar-refractivity contribution in [1.82, 2.24) is 34.6 Å². The van der Waals surface area contributed by atoms with E-state index in [-0.39, 0.29) is 35.5 Å². The Kier molecular flexibility index (Phi) is 7.69. The van der Waals surface area contributed by atoms with Crippen LogP contribution in [-0.2, 0) is 14.3 Å². The van der Waals surface area contributed by atoms with E-state index < -0.39 is 30.4 Å². The summed E-state index contributed by atoms with van der Waals surface area (Å²) in [4.78, 5) is 41.9. The number of fused-ring (bicyclic) bond motifs is 1. The highest BCUT2D eigenvalue weighted by Crippen LogP contribution is 2.33. The van der Waals surface area contributed by atoms with Gasteiger partial charge in [0.05, 0.1) is 6.33 Å². The molecular formula is C27H36N8O6. The van der Waals surface area contributed by atoms with Crippen LogP contribution in [0.4, 0.5) is 10.6 Å². The maximum atomic E-state index is 12.5. The van der Waals surface area contributed by atoms with Gasteiger partial charge < -0.3 is 40.5 Å². The highest BCUT2D eigenvalue weighted by atomic mass is 16.6. The molecule has 4 aliphatic rings. The molecule has 5 heterocycles. The number of hydrogen-bond donors (Lipinski definition) is 4. The molecule has 2 amide bonds. The number of hydrogen-bond acceptors (Lipinski definition) is 11. The number of likely N-dealkylation sites (N-methyl/N-ethyl adjacent to an activating group) is 1. The molecule has 3 aliphatic heterocycles. The minimum absolute atomic E-state index is 0.0287. The van der Waals surface area contributed by atoms with Crippen molar-refractivity contribution in [2.24, 2.45) is 5.92 Å². The Labute approximate surface area is 237 Å². The standard InChI is InChI=1S/C27H36N8O6/c1-33-10-9-17(13-33)40-27(39)34-11-7-15(8-12-34)3-2-4-18-31-23(28)19-24(32-18)35(14-29-19)26-21(37)20(36)22(41-26)25(38)30-16-5-6-16/h14-17,20-22,26,36-37H,3,5-13H2,1H3,(H,30,38)(H2,28,31,32)/t17?,20-,21?,22+,26-/m1/s1. The molecule has 2 aromatic heterocycles. The number of piperidine rings is 1. The molecule has 1 saturated carbocycles. The van der Waals surface area contributed by atoms with Crippen LogP contribution in [0.3, 0.4) is 0 Å². The molecule has 0 aromatic carbocycles. The largest absolute Gasteiger partial charge is 0.445 e. The van der Waals surface area contributed by atoms with E-state index in [9.17, 15) is 19.8 Å². The van der Waals surface area contributed by atoms with E-state index in [1.54, 1.807) is 4.90 Å². The molecule has 5 atom stereocenters. The average Bonchev–Trinajstić information content (AvgIpc) is 3.38. The van der Waals surface area contributed by atoms with Crippen LogP contribution in [0, 0.1) is 17.8 Å². The number of carbonyl (C=O) groups excluding carboxylic acids is 2. The normalized spacial score (nSPS) is 29.0. The molecular weight excluding hydrogens is 532 g/mol. The zero-order chi connectivity index (χ0) is 28.7. The number of nitrogens with two attached hydrogens (primary N) is 1. The molecule has 6 rings (SSSR count). The molecule has 220 valence electrons. The van der Waals surface area contributed by atoms with Crippen molar-refractivity contribution >= 4 is 29.0 Å². The van der Waals surface area contributed by atoms with E-state index in [0.717, 1.165) is 45.2 Å². The molecule has 0 bridgehead atoms. The van der Waals surface area contributed by atoms with Crippen LogP contribution in [-0.4, -0.2) is 115 Å². The van der Waals surface area contributed by atoms with Crippen LogP contribution in [0.15, 0.2) is 6.33 Å². The van der Waals surface area contributed by atoms with Gasteiger partial charge in [-0.1, -0.05) is 5.92 Å². The maximum absolute atomic E-state index is 12.5. The van der Waals surface area contributed by atoms with Crippen molar-refractivity contribution < 1.29 is 29.3 Å². The van der Waals surface area contributed by atoms with Gasteiger partial charge in [-0.25, -0.2) is 19.7 Å². The van der Waals surface area contributed by atoms with Gasteiger partial charge >= 0.3 is 6.09 Å². The van der Waals surface area contributed by atoms with Crippen molar-refractivity contribution in [3.63, 3.8) is 0 Å². The van der Waals surface area contributed by atoms with Gasteiger partial charge in [-0.3, -0.25) is 9.36 Å². The number of ether oxygens (including phenoxy) is 2. The average molecular weight is 569 g/mol. The van der Waals surface area contributed by atoms with Gasteiger partial charge in [0.15, 0.2) is 23.8 Å². The number of nitrogen functional groups attached to an aromatic ring is 1. The minimum atomic E-state index is -1.41. The number of anilines is 1. The molecule has 2 aromatic rings. The van der Waals surface area contributed by atoms with Crippen LogP contribution < -0.4 is 11.1 Å². The first kappa shape index (κ1) is 27.6. The lowest BCUT2D eigenvalue weighted by molar-refractivity contribution is -0.137. The Morgan fingerprint density at radius 3 is 2.63 bits per heavy atom. The zero-order valence-electron chi connectivity index (χ0n) is 23.0. The van der Waals surface area contributed by atoms with E-state index in [0.29, 0.717) is 30.9 Å². The number of aromatic nitrogens is 4. The molecule has 41 heavy (non-hydrogen) atoms. The quantitative estimate of drug-likeness (QED) is 0.345. The smallest absolute Gasteiger partial charge is 0.410 e. The number of nitrogens with one attached hydrogen (secondary N) is 1. The highest BCUT2D eigenvalue weighted by Gasteiger charge is 2.48. The fourth-order valence-corrected chi connectivity index (χ4v) is 5.60. The highest BCUT2D eigenvalue weighted by molar-refractivity contribution is 5.83. The Morgan fingerprint density at radius 1 is 1.15 bits per heavy atom. The third kappa shape index (κ3) is 5.94. The van der Waals surface area contributed by atoms with Gasteiger partial charge in [-0.15, -0.1) is 0 Å². The fraction of sp³-hybridized carbons (Fsp3) is 0.667. The maximum Gasteiger partial charge on any atom is 0.410 e. The first-order chi connectivity index (χ1) is 19.8. The summed E-state index contributed by atoms with van der Waals surface area (Å²) in [5.41, 5.74) is 6.71. The van der Waals surface area contributed by atoms with E-state index in [1.165, 1.54) is 10.9 Å². The Bertz CT molecular complexity index is 1360. The van der Waals surface area contributed by atoms with Crippen molar-refractivity contribution in [3.8, 4) is 11.8 Å². The Balaban J connectivity index is 1.07. The van der Waals surface area contributed by atoms with Gasteiger partial charge in [-0.05, 0) is 51.0 Å². The second-order valence-corrected chi connectivity index (χ2v) is 11.5. The van der Waals surface area contributed by atoms with Crippen LogP contribution in [0.25, 0.3) is 11.2 Å². The lowest BCUT2D eigenvalue weighted by atomic mass is 9.94. The second kappa shape index (κ2) is 11.4. The minimum Gasteiger partial charge on any atom is -0.445 e. The van der Waals surface area contributed by atoms with Crippen LogP contribution in [0.2, 0.25) is 0 Å². The van der Waals surface area contributed by atoms with E-state index in [4.69, 9.17) is 15.2 Å². The summed E-state index contributed by atoms with van der Waals surface area (Å²) < 4.78 is 12.9. The number of rotatable bonds is 5. The summed E-state index contributed by atoms with van der Waals surface area (Å²) >= 11 is 0. The third-order valence-corrected chi connectivity index (χ3v) is 8.22. The first-order valence-corrected chi connectivity index (χ1v) is 14.2. The number of carbonyl (C=O) groups is 2. The summed E-state index contributed by atoms with van der Waals surface area (Å²) in [7, 11) is 2.03. The van der Waals surface area contributed by atoms with E-state index >= 15 is 0 Å². The molecule has 0 radical (unpaired) electrons. The van der Waals surface area contributed by atoms with Crippen molar-refractivity contribution in [3.05, 3.63) is 12.2 Å². The molecule has 14 heteroatoms. The summed E-state index contributed by atoms with van der Waals surface area (Å²) in [6, 6.07) is 0.0883. The number of aliphatic hydroxyl groups is 2. The summed E-state index contributed by atoms with van der Waals surface area (Å²) in [5.74, 6) is 6.29. The number of imidazole rings is 1. The van der Waals surface area contributed by atoms with Gasteiger partial charge in [-0.2, -0.15) is 0 Å². The molecule has 1 aliphatic carbocycles. The SMILES string of the molecule is CN1CCC(OC(=O)N2CCC(CC#Cc3nc(N)c4ncn([C@@H]5O[C@H](C(=O)NC6CC6)[C@H](O)C5O)c4n3)CC2)C1. The predicted molar refractivity (Wildman–Crippen MR) is 145 cm³/mol. The van der Waals surface area contributed by atoms with Gasteiger partial charge in [0.2, 0.25) is 5.82 Å². The first-order valence-electron chi connectivity index (χ1n) is 14.2. The summed E-state index contributed by atoms with van der Waals surface area (Å²) in [6.07, 6.45) is 0.958. The third-order valence-electron chi connectivity index (χ3n) is 8.22. The number of aliphatic hydroxyl groups excluding tert-OH is 2. The Morgan fingerprint density at radius 2 is 1.93 bits per heavy atom. The number of nitrogens with zero attached hydrogens (tertiary/aromatic N) is 6. The van der Waals surface area contributed by atoms with Gasteiger partial charge in [0, 0.05) is 38.6 Å². The van der Waals surface area contributed by atoms with Gasteiger partial charge in [0.25, 0.3) is 5.91 Å². The van der Waals surface area contributed by atoms with Gasteiger partial charge in [0.1, 0.15) is 23.8 Å². The predicted octanol–water partition coefficient (Wildman–Crippen LogP) is -0.399. The molecule has 0 spiro atoms.